The normalized spacial score (nSPS) is 18.4. The number of benzene rings is 1. The van der Waals surface area contributed by atoms with E-state index in [0.29, 0.717) is 30.0 Å². The maximum atomic E-state index is 12.5. The van der Waals surface area contributed by atoms with Crippen LogP contribution in [0.4, 0.5) is 0 Å². The van der Waals surface area contributed by atoms with Crippen LogP contribution < -0.4 is 9.47 Å². The highest BCUT2D eigenvalue weighted by Gasteiger charge is 2.28. The molecule has 1 aromatic rings. The Morgan fingerprint density at radius 2 is 2.04 bits per heavy atom. The minimum atomic E-state index is -0.809. The highest BCUT2D eigenvalue weighted by Crippen LogP contribution is 2.26. The van der Waals surface area contributed by atoms with Crippen molar-refractivity contribution in [2.24, 2.45) is 0 Å². The van der Waals surface area contributed by atoms with Gasteiger partial charge in [0.2, 0.25) is 0 Å². The Balaban J connectivity index is 2.05. The summed E-state index contributed by atoms with van der Waals surface area (Å²) in [6.07, 6.45) is 2.80. The number of carbonyl (C=O) groups excluding carboxylic acids is 1. The van der Waals surface area contributed by atoms with Crippen molar-refractivity contribution >= 4 is 11.8 Å². The molecule has 0 spiro atoms. The molecule has 1 aliphatic heterocycles. The van der Waals surface area contributed by atoms with Crippen LogP contribution in [0.5, 0.6) is 11.5 Å². The van der Waals surface area contributed by atoms with E-state index in [0.717, 1.165) is 19.4 Å². The van der Waals surface area contributed by atoms with E-state index in [2.05, 4.69) is 0 Å². The van der Waals surface area contributed by atoms with Crippen molar-refractivity contribution in [3.8, 4) is 11.5 Å². The summed E-state index contributed by atoms with van der Waals surface area (Å²) >= 11 is 0. The fraction of sp³-hybridized carbons (Fsp3) is 0.529. The molecule has 0 saturated carbocycles. The Labute approximate surface area is 136 Å². The number of nitrogens with zero attached hydrogens (tertiary/aromatic N) is 1. The van der Waals surface area contributed by atoms with Gasteiger partial charge in [0, 0.05) is 13.0 Å². The van der Waals surface area contributed by atoms with Gasteiger partial charge in [-0.15, -0.1) is 0 Å². The molecule has 1 heterocycles. The maximum absolute atomic E-state index is 12.5. The second kappa shape index (κ2) is 7.97. The molecule has 0 bridgehead atoms. The van der Waals surface area contributed by atoms with Crippen LogP contribution in [0.1, 0.15) is 36.0 Å². The number of ether oxygens (including phenoxy) is 2. The van der Waals surface area contributed by atoms with E-state index in [9.17, 15) is 14.7 Å². The van der Waals surface area contributed by atoms with Gasteiger partial charge in [0.15, 0.2) is 5.78 Å². The minimum Gasteiger partial charge on any atom is -0.497 e. The van der Waals surface area contributed by atoms with Gasteiger partial charge >= 0.3 is 5.97 Å². The van der Waals surface area contributed by atoms with Crippen molar-refractivity contribution < 1.29 is 24.2 Å². The molecule has 126 valence electrons. The summed E-state index contributed by atoms with van der Waals surface area (Å²) in [7, 11) is 3.06. The van der Waals surface area contributed by atoms with Gasteiger partial charge in [-0.25, -0.2) is 0 Å². The minimum absolute atomic E-state index is 0.0736. The Bertz CT molecular complexity index is 572. The standard InChI is InChI=1S/C17H23NO5/c1-22-12-6-7-16(23-2)13(11-12)15(19)8-10-18-9-4-3-5-14(18)17(20)21/h6-7,11,14H,3-5,8-10H2,1-2H3,(H,20,21). The van der Waals surface area contributed by atoms with Crippen LogP contribution in [0.15, 0.2) is 18.2 Å². The van der Waals surface area contributed by atoms with E-state index >= 15 is 0 Å². The molecule has 1 unspecified atom stereocenters. The fourth-order valence-corrected chi connectivity index (χ4v) is 2.95. The smallest absolute Gasteiger partial charge is 0.320 e. The SMILES string of the molecule is COc1ccc(OC)c(C(=O)CCN2CCCCC2C(=O)O)c1. The Kier molecular flexibility index (Phi) is 5.98. The topological polar surface area (TPSA) is 76.1 Å². The number of ketones is 1. The third-order valence-corrected chi connectivity index (χ3v) is 4.23. The second-order valence-electron chi connectivity index (χ2n) is 5.63. The van der Waals surface area contributed by atoms with Crippen LogP contribution in [0, 0.1) is 0 Å². The van der Waals surface area contributed by atoms with Gasteiger partial charge in [-0.1, -0.05) is 6.42 Å². The Hall–Kier alpha value is -2.08. The fourth-order valence-electron chi connectivity index (χ4n) is 2.95. The van der Waals surface area contributed by atoms with Crippen LogP contribution in [0.3, 0.4) is 0 Å². The molecule has 0 aliphatic carbocycles. The van der Waals surface area contributed by atoms with Gasteiger partial charge in [-0.05, 0) is 37.6 Å². The molecule has 1 N–H and O–H groups in total. The van der Waals surface area contributed by atoms with Gasteiger partial charge in [-0.2, -0.15) is 0 Å². The third-order valence-electron chi connectivity index (χ3n) is 4.23. The van der Waals surface area contributed by atoms with Gasteiger partial charge in [0.05, 0.1) is 19.8 Å². The zero-order chi connectivity index (χ0) is 16.8. The molecule has 1 fully saturated rings. The lowest BCUT2D eigenvalue weighted by molar-refractivity contribution is -0.144. The monoisotopic (exact) mass is 321 g/mol. The van der Waals surface area contributed by atoms with Gasteiger partial charge < -0.3 is 14.6 Å². The average molecular weight is 321 g/mol. The number of carbonyl (C=O) groups is 2. The van der Waals surface area contributed by atoms with Crippen molar-refractivity contribution in [2.75, 3.05) is 27.3 Å². The number of Topliss-reactive ketones (excluding diaryl/α,β-unsaturated/α-hetero) is 1. The number of aliphatic carboxylic acids is 1. The first kappa shape index (κ1) is 17.3. The highest BCUT2D eigenvalue weighted by molar-refractivity contribution is 5.99. The second-order valence-corrected chi connectivity index (χ2v) is 5.63. The van der Waals surface area contributed by atoms with Gasteiger partial charge in [-0.3, -0.25) is 14.5 Å². The quantitative estimate of drug-likeness (QED) is 0.776. The zero-order valence-electron chi connectivity index (χ0n) is 13.6. The molecule has 0 amide bonds. The number of rotatable bonds is 7. The van der Waals surface area contributed by atoms with Crippen LogP contribution in [0.25, 0.3) is 0 Å². The predicted molar refractivity (Wildman–Crippen MR) is 85.3 cm³/mol. The predicted octanol–water partition coefficient (Wildman–Crippen LogP) is 2.22. The van der Waals surface area contributed by atoms with Crippen molar-refractivity contribution in [1.29, 1.82) is 0 Å². The first-order chi connectivity index (χ1) is 11.1. The van der Waals surface area contributed by atoms with E-state index in [-0.39, 0.29) is 12.2 Å². The molecule has 1 saturated heterocycles. The van der Waals surface area contributed by atoms with Crippen LogP contribution in [-0.2, 0) is 4.79 Å². The van der Waals surface area contributed by atoms with Gasteiger partial charge in [0.25, 0.3) is 0 Å². The molecule has 1 aromatic carbocycles. The summed E-state index contributed by atoms with van der Waals surface area (Å²) in [5.41, 5.74) is 0.468. The third kappa shape index (κ3) is 4.22. The van der Waals surface area contributed by atoms with E-state index in [4.69, 9.17) is 9.47 Å². The Morgan fingerprint density at radius 1 is 1.26 bits per heavy atom. The number of hydrogen-bond donors (Lipinski definition) is 1. The maximum Gasteiger partial charge on any atom is 0.320 e. The summed E-state index contributed by atoms with van der Waals surface area (Å²) in [6, 6.07) is 4.61. The lowest BCUT2D eigenvalue weighted by atomic mass is 10.0. The lowest BCUT2D eigenvalue weighted by Gasteiger charge is -2.32. The highest BCUT2D eigenvalue weighted by atomic mass is 16.5. The van der Waals surface area contributed by atoms with E-state index in [1.54, 1.807) is 25.3 Å². The molecule has 6 heteroatoms. The number of carboxylic acid groups (broad SMARTS) is 1. The molecule has 0 radical (unpaired) electrons. The summed E-state index contributed by atoms with van der Waals surface area (Å²) in [5.74, 6) is 0.214. The number of piperidine rings is 1. The van der Waals surface area contributed by atoms with Crippen molar-refractivity contribution in [3.05, 3.63) is 23.8 Å². The molecule has 0 aromatic heterocycles. The first-order valence-corrected chi connectivity index (χ1v) is 7.79. The van der Waals surface area contributed by atoms with E-state index < -0.39 is 12.0 Å². The Morgan fingerprint density at radius 3 is 2.70 bits per heavy atom. The van der Waals surface area contributed by atoms with Crippen LogP contribution in [0.2, 0.25) is 0 Å². The molecular weight excluding hydrogens is 298 g/mol. The molecular formula is C17H23NO5. The van der Waals surface area contributed by atoms with Crippen molar-refractivity contribution in [2.45, 2.75) is 31.7 Å². The van der Waals surface area contributed by atoms with Crippen molar-refractivity contribution in [3.63, 3.8) is 0 Å². The zero-order valence-corrected chi connectivity index (χ0v) is 13.6. The van der Waals surface area contributed by atoms with Crippen molar-refractivity contribution in [1.82, 2.24) is 4.90 Å². The molecule has 1 atom stereocenters. The lowest BCUT2D eigenvalue weighted by Crippen LogP contribution is -2.45. The molecule has 2 rings (SSSR count). The molecule has 1 aliphatic rings. The first-order valence-electron chi connectivity index (χ1n) is 7.79. The number of likely N-dealkylation sites (tertiary alicyclic amines) is 1. The number of methoxy groups -OCH3 is 2. The average Bonchev–Trinajstić information content (AvgIpc) is 2.59. The number of carboxylic acids is 1. The van der Waals surface area contributed by atoms with E-state index in [1.807, 2.05) is 4.90 Å². The largest absolute Gasteiger partial charge is 0.497 e. The summed E-state index contributed by atoms with van der Waals surface area (Å²) in [4.78, 5) is 25.7. The molecule has 6 nitrogen and oxygen atoms in total. The summed E-state index contributed by atoms with van der Waals surface area (Å²) < 4.78 is 10.4. The van der Waals surface area contributed by atoms with Gasteiger partial charge in [0.1, 0.15) is 17.5 Å². The van der Waals surface area contributed by atoms with Crippen LogP contribution in [-0.4, -0.2) is 55.1 Å². The van der Waals surface area contributed by atoms with Crippen LogP contribution >= 0.6 is 0 Å². The summed E-state index contributed by atoms with van der Waals surface area (Å²) in [6.45, 7) is 1.16. The van der Waals surface area contributed by atoms with E-state index in [1.165, 1.54) is 7.11 Å². The number of hydrogen-bond acceptors (Lipinski definition) is 5. The summed E-state index contributed by atoms with van der Waals surface area (Å²) in [5, 5.41) is 9.28. The molecule has 23 heavy (non-hydrogen) atoms.